The van der Waals surface area contributed by atoms with Gasteiger partial charge in [0.05, 0.1) is 11.9 Å². The zero-order valence-corrected chi connectivity index (χ0v) is 9.22. The SMILES string of the molecule is Nc1cncnc1NNC(=O)c1ccc(F)cc1. The Hall–Kier alpha value is -2.70. The molecule has 0 bridgehead atoms. The van der Waals surface area contributed by atoms with E-state index >= 15 is 0 Å². The first kappa shape index (κ1) is 11.8. The number of rotatable bonds is 3. The molecule has 0 unspecified atom stereocenters. The van der Waals surface area contributed by atoms with Gasteiger partial charge in [0.1, 0.15) is 12.1 Å². The highest BCUT2D eigenvalue weighted by Crippen LogP contribution is 2.10. The van der Waals surface area contributed by atoms with Crippen molar-refractivity contribution in [3.05, 3.63) is 48.2 Å². The highest BCUT2D eigenvalue weighted by molar-refractivity contribution is 5.94. The first-order valence-electron chi connectivity index (χ1n) is 5.04. The lowest BCUT2D eigenvalue weighted by atomic mass is 10.2. The summed E-state index contributed by atoms with van der Waals surface area (Å²) in [5, 5.41) is 0. The Kier molecular flexibility index (Phi) is 3.33. The molecule has 7 heteroatoms. The number of nitrogen functional groups attached to an aromatic ring is 1. The molecule has 2 aromatic rings. The zero-order valence-electron chi connectivity index (χ0n) is 9.22. The summed E-state index contributed by atoms with van der Waals surface area (Å²) in [6, 6.07) is 5.15. The molecule has 0 aliphatic rings. The monoisotopic (exact) mass is 247 g/mol. The number of benzene rings is 1. The highest BCUT2D eigenvalue weighted by Gasteiger charge is 2.06. The van der Waals surface area contributed by atoms with Gasteiger partial charge in [-0.1, -0.05) is 0 Å². The van der Waals surface area contributed by atoms with Crippen molar-refractivity contribution in [2.45, 2.75) is 0 Å². The van der Waals surface area contributed by atoms with E-state index in [4.69, 9.17) is 5.73 Å². The van der Waals surface area contributed by atoms with Crippen LogP contribution in [0.25, 0.3) is 0 Å². The second-order valence-corrected chi connectivity index (χ2v) is 3.41. The van der Waals surface area contributed by atoms with E-state index in [2.05, 4.69) is 20.8 Å². The molecule has 1 aromatic heterocycles. The molecule has 1 heterocycles. The van der Waals surface area contributed by atoms with Crippen LogP contribution in [0.4, 0.5) is 15.9 Å². The van der Waals surface area contributed by atoms with Crippen molar-refractivity contribution in [3.8, 4) is 0 Å². The zero-order chi connectivity index (χ0) is 13.0. The van der Waals surface area contributed by atoms with Crippen LogP contribution in [0, 0.1) is 5.82 Å². The molecule has 0 aliphatic carbocycles. The number of carbonyl (C=O) groups excluding carboxylic acids is 1. The van der Waals surface area contributed by atoms with Gasteiger partial charge in [0.2, 0.25) is 0 Å². The minimum absolute atomic E-state index is 0.292. The molecule has 0 spiro atoms. The summed E-state index contributed by atoms with van der Waals surface area (Å²) in [6.45, 7) is 0. The number of halogens is 1. The van der Waals surface area contributed by atoms with Gasteiger partial charge in [-0.2, -0.15) is 0 Å². The molecule has 4 N–H and O–H groups in total. The Bertz CT molecular complexity index is 558. The maximum atomic E-state index is 12.7. The Morgan fingerprint density at radius 1 is 1.28 bits per heavy atom. The summed E-state index contributed by atoms with van der Waals surface area (Å²) in [4.78, 5) is 19.2. The summed E-state index contributed by atoms with van der Waals surface area (Å²) in [6.07, 6.45) is 2.70. The minimum Gasteiger partial charge on any atom is -0.394 e. The van der Waals surface area contributed by atoms with Gasteiger partial charge in [0, 0.05) is 5.56 Å². The Labute approximate surface area is 102 Å². The smallest absolute Gasteiger partial charge is 0.269 e. The normalized spacial score (nSPS) is 9.83. The molecular formula is C11H10FN5O. The second-order valence-electron chi connectivity index (χ2n) is 3.41. The van der Waals surface area contributed by atoms with E-state index in [1.165, 1.54) is 36.8 Å². The van der Waals surface area contributed by atoms with Gasteiger partial charge >= 0.3 is 0 Å². The molecule has 1 amide bonds. The molecular weight excluding hydrogens is 237 g/mol. The maximum Gasteiger partial charge on any atom is 0.269 e. The fourth-order valence-electron chi connectivity index (χ4n) is 1.23. The minimum atomic E-state index is -0.423. The molecule has 6 nitrogen and oxygen atoms in total. The van der Waals surface area contributed by atoms with Gasteiger partial charge < -0.3 is 5.73 Å². The number of nitrogens with one attached hydrogen (secondary N) is 2. The fourth-order valence-corrected chi connectivity index (χ4v) is 1.23. The van der Waals surface area contributed by atoms with Crippen LogP contribution in [0.5, 0.6) is 0 Å². The van der Waals surface area contributed by atoms with Crippen LogP contribution in [0.2, 0.25) is 0 Å². The predicted molar refractivity (Wildman–Crippen MR) is 63.9 cm³/mol. The number of hydrazine groups is 1. The lowest BCUT2D eigenvalue weighted by molar-refractivity contribution is 0.0962. The average Bonchev–Trinajstić information content (AvgIpc) is 2.38. The third-order valence-electron chi connectivity index (χ3n) is 2.14. The van der Waals surface area contributed by atoms with Crippen molar-refractivity contribution in [2.24, 2.45) is 0 Å². The van der Waals surface area contributed by atoms with E-state index in [-0.39, 0.29) is 0 Å². The van der Waals surface area contributed by atoms with Gasteiger partial charge in [-0.05, 0) is 24.3 Å². The van der Waals surface area contributed by atoms with Gasteiger partial charge in [-0.25, -0.2) is 14.4 Å². The van der Waals surface area contributed by atoms with Crippen LogP contribution in [0.3, 0.4) is 0 Å². The number of anilines is 2. The van der Waals surface area contributed by atoms with Gasteiger partial charge in [-0.3, -0.25) is 15.6 Å². The molecule has 0 saturated carbocycles. The van der Waals surface area contributed by atoms with Crippen molar-refractivity contribution in [3.63, 3.8) is 0 Å². The Balaban J connectivity index is 2.01. The summed E-state index contributed by atoms with van der Waals surface area (Å²) >= 11 is 0. The maximum absolute atomic E-state index is 12.7. The first-order chi connectivity index (χ1) is 8.66. The van der Waals surface area contributed by atoms with Crippen LogP contribution in [0.15, 0.2) is 36.8 Å². The number of aromatic nitrogens is 2. The van der Waals surface area contributed by atoms with Crippen molar-refractivity contribution >= 4 is 17.4 Å². The van der Waals surface area contributed by atoms with Crippen molar-refractivity contribution in [1.82, 2.24) is 15.4 Å². The molecule has 18 heavy (non-hydrogen) atoms. The number of hydrogen-bond acceptors (Lipinski definition) is 5. The first-order valence-corrected chi connectivity index (χ1v) is 5.04. The molecule has 0 atom stereocenters. The van der Waals surface area contributed by atoms with Crippen LogP contribution in [-0.2, 0) is 0 Å². The number of nitrogens with zero attached hydrogens (tertiary/aromatic N) is 2. The van der Waals surface area contributed by atoms with Crippen LogP contribution in [-0.4, -0.2) is 15.9 Å². The predicted octanol–water partition coefficient (Wildman–Crippen LogP) is 0.955. The molecule has 1 aromatic carbocycles. The fraction of sp³-hybridized carbons (Fsp3) is 0. The number of nitrogens with two attached hydrogens (primary N) is 1. The largest absolute Gasteiger partial charge is 0.394 e. The molecule has 0 fully saturated rings. The number of hydrogen-bond donors (Lipinski definition) is 3. The van der Waals surface area contributed by atoms with Gasteiger partial charge in [-0.15, -0.1) is 0 Å². The highest BCUT2D eigenvalue weighted by atomic mass is 19.1. The van der Waals surface area contributed by atoms with Gasteiger partial charge in [0.15, 0.2) is 5.82 Å². The summed E-state index contributed by atoms with van der Waals surface area (Å²) in [5.74, 6) is -0.534. The van der Waals surface area contributed by atoms with Crippen LogP contribution in [0.1, 0.15) is 10.4 Å². The quantitative estimate of drug-likeness (QED) is 0.702. The van der Waals surface area contributed by atoms with Crippen molar-refractivity contribution in [2.75, 3.05) is 11.2 Å². The van der Waals surface area contributed by atoms with Crippen LogP contribution >= 0.6 is 0 Å². The van der Waals surface area contributed by atoms with Crippen molar-refractivity contribution < 1.29 is 9.18 Å². The van der Waals surface area contributed by atoms with Gasteiger partial charge in [0.25, 0.3) is 5.91 Å². The summed E-state index contributed by atoms with van der Waals surface area (Å²) < 4.78 is 12.7. The van der Waals surface area contributed by atoms with E-state index in [0.29, 0.717) is 17.1 Å². The van der Waals surface area contributed by atoms with E-state index in [1.54, 1.807) is 0 Å². The topological polar surface area (TPSA) is 92.9 Å². The van der Waals surface area contributed by atoms with E-state index in [9.17, 15) is 9.18 Å². The van der Waals surface area contributed by atoms with E-state index in [1.807, 2.05) is 0 Å². The summed E-state index contributed by atoms with van der Waals surface area (Å²) in [5.41, 5.74) is 11.1. The van der Waals surface area contributed by atoms with Crippen molar-refractivity contribution in [1.29, 1.82) is 0 Å². The molecule has 0 saturated heterocycles. The second kappa shape index (κ2) is 5.09. The van der Waals surface area contributed by atoms with E-state index < -0.39 is 11.7 Å². The average molecular weight is 247 g/mol. The lowest BCUT2D eigenvalue weighted by Gasteiger charge is -2.08. The van der Waals surface area contributed by atoms with Crippen LogP contribution < -0.4 is 16.6 Å². The number of carbonyl (C=O) groups is 1. The lowest BCUT2D eigenvalue weighted by Crippen LogP contribution is -2.30. The van der Waals surface area contributed by atoms with E-state index in [0.717, 1.165) is 0 Å². The third-order valence-corrected chi connectivity index (χ3v) is 2.14. The number of amides is 1. The molecule has 0 radical (unpaired) electrons. The molecule has 2 rings (SSSR count). The summed E-state index contributed by atoms with van der Waals surface area (Å²) in [7, 11) is 0. The Morgan fingerprint density at radius 2 is 2.00 bits per heavy atom. The molecule has 92 valence electrons. The third kappa shape index (κ3) is 2.70. The standard InChI is InChI=1S/C11H10FN5O/c12-8-3-1-7(2-4-8)11(18)17-16-10-9(13)5-14-6-15-10/h1-6H,13H2,(H,17,18)(H,14,15,16). The molecule has 0 aliphatic heterocycles. The Morgan fingerprint density at radius 3 is 2.67 bits per heavy atom.